The molecule has 1 fully saturated rings. The molecule has 1 saturated carbocycles. The van der Waals surface area contributed by atoms with Crippen LogP contribution in [0.1, 0.15) is 187 Å². The number of aliphatic carboxylic acids is 1. The van der Waals surface area contributed by atoms with Crippen molar-refractivity contribution in [3.05, 3.63) is 12.8 Å². The minimum absolute atomic E-state index is 0.143. The topological polar surface area (TPSA) is 63.6 Å². The van der Waals surface area contributed by atoms with Gasteiger partial charge in [-0.15, -0.1) is 0 Å². The highest BCUT2D eigenvalue weighted by Gasteiger charge is 2.12. The molecule has 4 nitrogen and oxygen atoms in total. The Kier molecular flexibility index (Phi) is 29.2. The average molecular weight is 537 g/mol. The minimum atomic E-state index is -0.833. The maximum Gasteiger partial charge on any atom is 0.310 e. The van der Waals surface area contributed by atoms with Crippen LogP contribution in [-0.4, -0.2) is 17.0 Å². The van der Waals surface area contributed by atoms with Crippen LogP contribution in [0.15, 0.2) is 12.8 Å². The molecule has 1 rings (SSSR count). The van der Waals surface area contributed by atoms with E-state index in [-0.39, 0.29) is 5.97 Å². The molecule has 0 aromatic carbocycles. The van der Waals surface area contributed by atoms with Crippen LogP contribution in [0.4, 0.5) is 0 Å². The number of hydrogen-bond acceptors (Lipinski definition) is 3. The maximum atomic E-state index is 11.2. The monoisotopic (exact) mass is 536 g/mol. The van der Waals surface area contributed by atoms with Gasteiger partial charge in [-0.3, -0.25) is 9.59 Å². The zero-order chi connectivity index (χ0) is 27.9. The minimum Gasteiger partial charge on any atom is -0.481 e. The summed E-state index contributed by atoms with van der Waals surface area (Å²) in [7, 11) is 0. The van der Waals surface area contributed by atoms with Crippen LogP contribution in [-0.2, 0) is 14.3 Å². The molecule has 0 amide bonds. The lowest BCUT2D eigenvalue weighted by atomic mass is 9.85. The number of unbranched alkanes of at least 4 members (excludes halogenated alkanes) is 20. The largest absolute Gasteiger partial charge is 0.481 e. The van der Waals surface area contributed by atoms with E-state index in [1.165, 1.54) is 167 Å². The first-order valence-corrected chi connectivity index (χ1v) is 16.6. The van der Waals surface area contributed by atoms with Crippen molar-refractivity contribution in [1.82, 2.24) is 0 Å². The van der Waals surface area contributed by atoms with Crippen molar-refractivity contribution in [3.63, 3.8) is 0 Å². The molecule has 1 N–H and O–H groups in total. The van der Waals surface area contributed by atoms with Gasteiger partial charge in [-0.05, 0) is 12.3 Å². The molecule has 0 unspecified atom stereocenters. The summed E-state index contributed by atoms with van der Waals surface area (Å²) in [5.41, 5.74) is 0. The van der Waals surface area contributed by atoms with E-state index < -0.39 is 5.97 Å². The second kappa shape index (κ2) is 30.2. The highest BCUT2D eigenvalue weighted by Crippen LogP contribution is 2.28. The third kappa shape index (κ3) is 30.9. The molecule has 224 valence electrons. The maximum absolute atomic E-state index is 11.2. The van der Waals surface area contributed by atoms with Gasteiger partial charge in [-0.25, -0.2) is 0 Å². The Labute approximate surface area is 236 Å². The van der Waals surface area contributed by atoms with Crippen LogP contribution in [0.5, 0.6) is 0 Å². The summed E-state index contributed by atoms with van der Waals surface area (Å²) in [6, 6.07) is 0. The molecule has 38 heavy (non-hydrogen) atoms. The van der Waals surface area contributed by atoms with E-state index in [0.717, 1.165) is 25.7 Å². The second-order valence-electron chi connectivity index (χ2n) is 11.6. The van der Waals surface area contributed by atoms with Gasteiger partial charge in [-0.1, -0.05) is 174 Å². The second-order valence-corrected chi connectivity index (χ2v) is 11.6. The first-order valence-electron chi connectivity index (χ1n) is 16.6. The van der Waals surface area contributed by atoms with Gasteiger partial charge in [-0.2, -0.15) is 0 Å². The molecule has 0 aromatic rings. The Balaban J connectivity index is 0.00000318. The smallest absolute Gasteiger partial charge is 0.310 e. The Morgan fingerprint density at radius 2 is 0.947 bits per heavy atom. The molecule has 0 spiro atoms. The van der Waals surface area contributed by atoms with E-state index in [2.05, 4.69) is 6.58 Å². The Morgan fingerprint density at radius 3 is 1.29 bits per heavy atom. The lowest BCUT2D eigenvalue weighted by molar-refractivity contribution is -0.138. The van der Waals surface area contributed by atoms with Crippen molar-refractivity contribution >= 4 is 11.9 Å². The third-order valence-electron chi connectivity index (χ3n) is 7.93. The van der Waals surface area contributed by atoms with Gasteiger partial charge in [0.1, 0.15) is 0 Å². The van der Waals surface area contributed by atoms with Crippen molar-refractivity contribution in [1.29, 1.82) is 0 Å². The molecule has 4 heteroatoms. The molecule has 0 radical (unpaired) electrons. The van der Waals surface area contributed by atoms with Crippen LogP contribution < -0.4 is 0 Å². The normalized spacial score (nSPS) is 13.5. The van der Waals surface area contributed by atoms with Crippen LogP contribution in [0.25, 0.3) is 0 Å². The standard InChI is InChI=1S/C32H60O2.C2H4O2/c1-2-34-32(33)30-26-21-19-17-15-13-11-9-7-5-3-4-6-8-10-12-14-16-18-20-23-27-31-28-24-22-25-29-31;1-2(3)4/h2,31H,1,3-30H2;1H3,(H,3,4). The number of ether oxygens (including phenoxy) is 1. The SMILES string of the molecule is C=COC(=O)CCCCCCCCCCCCCCCCCCCCCCCC1CCCCC1.CC(=O)O. The van der Waals surface area contributed by atoms with E-state index in [4.69, 9.17) is 14.6 Å². The first-order chi connectivity index (χ1) is 18.6. The molecule has 0 aliphatic heterocycles. The van der Waals surface area contributed by atoms with Crippen molar-refractivity contribution < 1.29 is 19.4 Å². The molecule has 0 atom stereocenters. The van der Waals surface area contributed by atoms with E-state index >= 15 is 0 Å². The zero-order valence-electron chi connectivity index (χ0n) is 25.3. The van der Waals surface area contributed by atoms with Crippen LogP contribution in [0, 0.1) is 5.92 Å². The summed E-state index contributed by atoms with van der Waals surface area (Å²) in [5, 5.41) is 7.42. The van der Waals surface area contributed by atoms with Crippen LogP contribution in [0.2, 0.25) is 0 Å². The molecule has 0 heterocycles. The van der Waals surface area contributed by atoms with Gasteiger partial charge >= 0.3 is 5.97 Å². The number of esters is 1. The van der Waals surface area contributed by atoms with E-state index in [1.54, 1.807) is 0 Å². The van der Waals surface area contributed by atoms with E-state index in [9.17, 15) is 4.79 Å². The summed E-state index contributed by atoms with van der Waals surface area (Å²) < 4.78 is 4.73. The van der Waals surface area contributed by atoms with Crippen molar-refractivity contribution in [2.45, 2.75) is 187 Å². The van der Waals surface area contributed by atoms with Crippen molar-refractivity contribution in [2.75, 3.05) is 0 Å². The van der Waals surface area contributed by atoms with Crippen LogP contribution >= 0.6 is 0 Å². The molecule has 0 aromatic heterocycles. The number of carboxylic acid groups (broad SMARTS) is 1. The van der Waals surface area contributed by atoms with Crippen molar-refractivity contribution in [3.8, 4) is 0 Å². The molecule has 1 aliphatic carbocycles. The van der Waals surface area contributed by atoms with Gasteiger partial charge < -0.3 is 9.84 Å². The summed E-state index contributed by atoms with van der Waals surface area (Å²) in [6.07, 6.45) is 40.2. The van der Waals surface area contributed by atoms with E-state index in [0.29, 0.717) is 6.42 Å². The Morgan fingerprint density at radius 1 is 0.632 bits per heavy atom. The van der Waals surface area contributed by atoms with E-state index in [1.807, 2.05) is 0 Å². The predicted octanol–water partition coefficient (Wildman–Crippen LogP) is 11.3. The lowest BCUT2D eigenvalue weighted by Gasteiger charge is -2.21. The Hall–Kier alpha value is -1.32. The third-order valence-corrected chi connectivity index (χ3v) is 7.93. The number of hydrogen-bond donors (Lipinski definition) is 1. The number of carbonyl (C=O) groups excluding carboxylic acids is 1. The van der Waals surface area contributed by atoms with Gasteiger partial charge in [0, 0.05) is 13.3 Å². The fraction of sp³-hybridized carbons (Fsp3) is 0.882. The molecular weight excluding hydrogens is 472 g/mol. The predicted molar refractivity (Wildman–Crippen MR) is 162 cm³/mol. The quantitative estimate of drug-likeness (QED) is 0.0715. The lowest BCUT2D eigenvalue weighted by Crippen LogP contribution is -2.05. The number of rotatable bonds is 25. The van der Waals surface area contributed by atoms with Gasteiger partial charge in [0.25, 0.3) is 5.97 Å². The Bertz CT molecular complexity index is 521. The zero-order valence-corrected chi connectivity index (χ0v) is 25.3. The van der Waals surface area contributed by atoms with Crippen LogP contribution in [0.3, 0.4) is 0 Å². The highest BCUT2D eigenvalue weighted by molar-refractivity contribution is 5.69. The van der Waals surface area contributed by atoms with Gasteiger partial charge in [0.15, 0.2) is 0 Å². The summed E-state index contributed by atoms with van der Waals surface area (Å²) >= 11 is 0. The highest BCUT2D eigenvalue weighted by atomic mass is 16.5. The number of carbonyl (C=O) groups is 2. The fourth-order valence-corrected chi connectivity index (χ4v) is 5.69. The number of carboxylic acids is 1. The fourth-order valence-electron chi connectivity index (χ4n) is 5.69. The molecular formula is C34H64O4. The van der Waals surface area contributed by atoms with Gasteiger partial charge in [0.2, 0.25) is 0 Å². The average Bonchev–Trinajstić information content (AvgIpc) is 2.89. The molecule has 0 saturated heterocycles. The van der Waals surface area contributed by atoms with Crippen molar-refractivity contribution in [2.24, 2.45) is 5.92 Å². The molecule has 1 aliphatic rings. The summed E-state index contributed by atoms with van der Waals surface area (Å²) in [6.45, 7) is 4.49. The summed E-state index contributed by atoms with van der Waals surface area (Å²) in [4.78, 5) is 20.2. The molecule has 0 bridgehead atoms. The van der Waals surface area contributed by atoms with Gasteiger partial charge in [0.05, 0.1) is 6.26 Å². The summed E-state index contributed by atoms with van der Waals surface area (Å²) in [5.74, 6) is 0.110. The first kappa shape index (κ1) is 36.7.